The highest BCUT2D eigenvalue weighted by molar-refractivity contribution is 7.80. The van der Waals surface area contributed by atoms with Gasteiger partial charge >= 0.3 is 0 Å². The maximum Gasteiger partial charge on any atom is 0.270 e. The molecule has 2 heterocycles. The number of hydrogen-bond acceptors (Lipinski definition) is 9. The molecular formula is C30H28N2O8S. The van der Waals surface area contributed by atoms with Gasteiger partial charge in [0.25, 0.3) is 11.8 Å². The Morgan fingerprint density at radius 2 is 1.63 bits per heavy atom. The molecule has 4 N–H and O–H groups in total. The standard InChI is InChI=1S/C30H28N2O8S/c1-30(37,25(34)24-23(33)17-38-28(40-24)18-8-4-2-5-9-18)16-22-26(35)31-29(41)32(27(22)36)19-12-14-21(15-13-19)39-20-10-6-3-7-11-20/h2-16,23-25,28,33-34,37H,17H2,1H3,(H,31,35,41)/b22-16+/t23-,24-,25?,28?,30+/m1/s1. The minimum atomic E-state index is -2.18. The smallest absolute Gasteiger partial charge is 0.270 e. The highest BCUT2D eigenvalue weighted by atomic mass is 32.1. The maximum absolute atomic E-state index is 13.5. The number of aliphatic hydroxyl groups is 3. The van der Waals surface area contributed by atoms with Crippen LogP contribution >= 0.6 is 12.2 Å². The summed E-state index contributed by atoms with van der Waals surface area (Å²) < 4.78 is 17.1. The summed E-state index contributed by atoms with van der Waals surface area (Å²) in [4.78, 5) is 27.4. The van der Waals surface area contributed by atoms with Crippen molar-refractivity contribution in [3.63, 3.8) is 0 Å². The van der Waals surface area contributed by atoms with Crippen LogP contribution in [0.3, 0.4) is 0 Å². The number of rotatable bonds is 7. The van der Waals surface area contributed by atoms with Gasteiger partial charge in [-0.15, -0.1) is 0 Å². The van der Waals surface area contributed by atoms with Crippen molar-refractivity contribution < 1.29 is 39.1 Å². The number of benzene rings is 3. The molecule has 11 heteroatoms. The molecule has 2 amide bonds. The third-order valence-electron chi connectivity index (χ3n) is 6.67. The number of nitrogens with one attached hydrogen (secondary N) is 1. The number of ether oxygens (including phenoxy) is 3. The van der Waals surface area contributed by atoms with Gasteiger partial charge in [0.15, 0.2) is 11.4 Å². The van der Waals surface area contributed by atoms with Gasteiger partial charge in [-0.2, -0.15) is 0 Å². The topological polar surface area (TPSA) is 138 Å². The van der Waals surface area contributed by atoms with E-state index in [0.717, 1.165) is 11.0 Å². The van der Waals surface area contributed by atoms with E-state index in [-0.39, 0.29) is 11.7 Å². The summed E-state index contributed by atoms with van der Waals surface area (Å²) >= 11 is 5.26. The highest BCUT2D eigenvalue weighted by Gasteiger charge is 2.45. The first-order valence-corrected chi connectivity index (χ1v) is 13.2. The first-order valence-electron chi connectivity index (χ1n) is 12.8. The van der Waals surface area contributed by atoms with Crippen LogP contribution in [-0.2, 0) is 19.1 Å². The molecule has 0 aliphatic carbocycles. The number of hydrogen-bond donors (Lipinski definition) is 4. The molecule has 5 atom stereocenters. The minimum Gasteiger partial charge on any atom is -0.457 e. The van der Waals surface area contributed by atoms with Gasteiger partial charge in [-0.3, -0.25) is 19.8 Å². The molecule has 0 spiro atoms. The normalized spacial score (nSPS) is 24.5. The highest BCUT2D eigenvalue weighted by Crippen LogP contribution is 2.32. The van der Waals surface area contributed by atoms with E-state index in [9.17, 15) is 24.9 Å². The van der Waals surface area contributed by atoms with Crippen LogP contribution in [0.25, 0.3) is 0 Å². The molecule has 2 fully saturated rings. The predicted octanol–water partition coefficient (Wildman–Crippen LogP) is 2.74. The summed E-state index contributed by atoms with van der Waals surface area (Å²) in [7, 11) is 0. The van der Waals surface area contributed by atoms with Crippen molar-refractivity contribution in [3.8, 4) is 11.5 Å². The van der Waals surface area contributed by atoms with Crippen LogP contribution in [0.1, 0.15) is 18.8 Å². The Morgan fingerprint density at radius 1 is 1.02 bits per heavy atom. The van der Waals surface area contributed by atoms with Crippen molar-refractivity contribution in [1.82, 2.24) is 5.32 Å². The molecule has 2 saturated heterocycles. The van der Waals surface area contributed by atoms with E-state index >= 15 is 0 Å². The van der Waals surface area contributed by atoms with Gasteiger partial charge in [0.1, 0.15) is 41.0 Å². The van der Waals surface area contributed by atoms with Crippen LogP contribution < -0.4 is 15.0 Å². The Bertz CT molecular complexity index is 1450. The quantitative estimate of drug-likeness (QED) is 0.190. The number of aliphatic hydroxyl groups excluding tert-OH is 2. The fraction of sp³-hybridized carbons (Fsp3) is 0.233. The summed E-state index contributed by atoms with van der Waals surface area (Å²) in [6.07, 6.45) is -4.27. The Kier molecular flexibility index (Phi) is 8.27. The molecule has 3 aromatic carbocycles. The van der Waals surface area contributed by atoms with Crippen LogP contribution in [0.4, 0.5) is 5.69 Å². The Morgan fingerprint density at radius 3 is 2.29 bits per heavy atom. The third-order valence-corrected chi connectivity index (χ3v) is 6.96. The Balaban J connectivity index is 1.35. The largest absolute Gasteiger partial charge is 0.457 e. The number of nitrogens with zero attached hydrogens (tertiary/aromatic N) is 1. The van der Waals surface area contributed by atoms with Crippen molar-refractivity contribution in [3.05, 3.63) is 102 Å². The molecule has 5 rings (SSSR count). The van der Waals surface area contributed by atoms with Gasteiger partial charge in [0.2, 0.25) is 0 Å². The van der Waals surface area contributed by atoms with E-state index in [4.69, 9.17) is 26.4 Å². The average molecular weight is 577 g/mol. The third kappa shape index (κ3) is 6.20. The second-order valence-corrected chi connectivity index (χ2v) is 10.2. The lowest BCUT2D eigenvalue weighted by atomic mass is 9.88. The van der Waals surface area contributed by atoms with Crippen LogP contribution in [0.5, 0.6) is 11.5 Å². The Labute approximate surface area is 241 Å². The molecule has 2 unspecified atom stereocenters. The van der Waals surface area contributed by atoms with Crippen molar-refractivity contribution >= 4 is 34.8 Å². The molecule has 2 aliphatic rings. The summed E-state index contributed by atoms with van der Waals surface area (Å²) in [5.41, 5.74) is -1.63. The summed E-state index contributed by atoms with van der Waals surface area (Å²) in [6, 6.07) is 24.5. The van der Waals surface area contributed by atoms with Gasteiger partial charge in [-0.1, -0.05) is 48.5 Å². The number of para-hydroxylation sites is 1. The second-order valence-electron chi connectivity index (χ2n) is 9.78. The zero-order chi connectivity index (χ0) is 29.1. The van der Waals surface area contributed by atoms with Crippen LogP contribution in [-0.4, -0.2) is 62.8 Å². The lowest BCUT2D eigenvalue weighted by molar-refractivity contribution is -0.287. The predicted molar refractivity (Wildman–Crippen MR) is 152 cm³/mol. The summed E-state index contributed by atoms with van der Waals surface area (Å²) in [6.45, 7) is 1.04. The van der Waals surface area contributed by atoms with E-state index in [2.05, 4.69) is 5.32 Å². The number of thiocarbonyl (C=S) groups is 1. The minimum absolute atomic E-state index is 0.150. The second kappa shape index (κ2) is 11.9. The summed E-state index contributed by atoms with van der Waals surface area (Å²) in [5, 5.41) is 35.1. The fourth-order valence-electron chi connectivity index (χ4n) is 4.51. The van der Waals surface area contributed by atoms with Crippen LogP contribution in [0.2, 0.25) is 0 Å². The number of carbonyl (C=O) groups is 2. The van der Waals surface area contributed by atoms with E-state index in [0.29, 0.717) is 22.7 Å². The van der Waals surface area contributed by atoms with E-state index in [1.807, 2.05) is 24.3 Å². The van der Waals surface area contributed by atoms with Gasteiger partial charge in [0, 0.05) is 5.56 Å². The zero-order valence-corrected chi connectivity index (χ0v) is 22.7. The maximum atomic E-state index is 13.5. The SMILES string of the molecule is C[C@](O)(/C=C1\C(=O)NC(=S)N(c2ccc(Oc3ccccc3)cc2)C1=O)C(O)[C@@H]1OC(c2ccccc2)OC[C@H]1O. The lowest BCUT2D eigenvalue weighted by Gasteiger charge is -2.40. The first-order chi connectivity index (χ1) is 19.6. The van der Waals surface area contributed by atoms with Crippen molar-refractivity contribution in [1.29, 1.82) is 0 Å². The Hall–Kier alpha value is -3.97. The molecule has 0 saturated carbocycles. The van der Waals surface area contributed by atoms with E-state index in [1.54, 1.807) is 60.7 Å². The van der Waals surface area contributed by atoms with E-state index < -0.39 is 47.6 Å². The van der Waals surface area contributed by atoms with Crippen LogP contribution in [0.15, 0.2) is 96.6 Å². The van der Waals surface area contributed by atoms with Crippen LogP contribution in [0, 0.1) is 0 Å². The van der Waals surface area contributed by atoms with Gasteiger partial charge in [-0.05, 0) is 61.6 Å². The van der Waals surface area contributed by atoms with Gasteiger partial charge in [0.05, 0.1) is 12.3 Å². The zero-order valence-electron chi connectivity index (χ0n) is 21.9. The fourth-order valence-corrected chi connectivity index (χ4v) is 4.79. The molecule has 41 heavy (non-hydrogen) atoms. The molecule has 3 aromatic rings. The number of anilines is 1. The number of carbonyl (C=O) groups excluding carboxylic acids is 2. The molecule has 2 aliphatic heterocycles. The number of amides is 2. The van der Waals surface area contributed by atoms with Crippen molar-refractivity contribution in [2.45, 2.75) is 37.1 Å². The molecule has 0 radical (unpaired) electrons. The van der Waals surface area contributed by atoms with Gasteiger partial charge < -0.3 is 29.5 Å². The van der Waals surface area contributed by atoms with Crippen molar-refractivity contribution in [2.24, 2.45) is 0 Å². The van der Waals surface area contributed by atoms with E-state index in [1.165, 1.54) is 6.92 Å². The van der Waals surface area contributed by atoms with Crippen molar-refractivity contribution in [2.75, 3.05) is 11.5 Å². The lowest BCUT2D eigenvalue weighted by Crippen LogP contribution is -2.57. The summed E-state index contributed by atoms with van der Waals surface area (Å²) in [5.74, 6) is -0.497. The molecule has 0 bridgehead atoms. The first kappa shape index (κ1) is 28.6. The molecule has 0 aromatic heterocycles. The molecular weight excluding hydrogens is 548 g/mol. The van der Waals surface area contributed by atoms with Gasteiger partial charge in [-0.25, -0.2) is 0 Å². The molecule has 10 nitrogen and oxygen atoms in total. The average Bonchev–Trinajstić information content (AvgIpc) is 2.97. The molecule has 212 valence electrons. The monoisotopic (exact) mass is 576 g/mol.